The van der Waals surface area contributed by atoms with Gasteiger partial charge in [0.1, 0.15) is 5.60 Å². The molecule has 4 saturated carbocycles. The van der Waals surface area contributed by atoms with Crippen molar-refractivity contribution in [2.45, 2.75) is 95.4 Å². The fourth-order valence-electron chi connectivity index (χ4n) is 8.15. The van der Waals surface area contributed by atoms with E-state index < -0.39 is 51.5 Å². The van der Waals surface area contributed by atoms with E-state index in [0.29, 0.717) is 19.3 Å². The molecule has 7 heteroatoms. The van der Waals surface area contributed by atoms with Crippen molar-refractivity contribution in [2.24, 2.45) is 28.6 Å². The number of fused-ring (bicyclic) bond motifs is 4. The lowest BCUT2D eigenvalue weighted by atomic mass is 9.58. The van der Waals surface area contributed by atoms with Gasteiger partial charge in [-0.15, -0.1) is 0 Å². The first-order valence-electron chi connectivity index (χ1n) is 10.8. The lowest BCUT2D eigenvalue weighted by molar-refractivity contribution is -0.228. The van der Waals surface area contributed by atoms with Gasteiger partial charge in [0.15, 0.2) is 11.9 Å². The van der Waals surface area contributed by atoms with Crippen molar-refractivity contribution in [3.05, 3.63) is 0 Å². The Morgan fingerprint density at radius 3 is 2.41 bits per heavy atom. The van der Waals surface area contributed by atoms with Gasteiger partial charge in [0.25, 0.3) is 0 Å². The quantitative estimate of drug-likeness (QED) is 0.437. The molecule has 3 N–H and O–H groups in total. The highest BCUT2D eigenvalue weighted by atomic mass is 16.6. The lowest BCUT2D eigenvalue weighted by Crippen LogP contribution is -2.64. The van der Waals surface area contributed by atoms with E-state index in [9.17, 15) is 24.9 Å². The molecule has 10 atom stereocenters. The number of Topliss-reactive ketones (excluding diaryl/α,β-unsaturated/α-hetero) is 1. The summed E-state index contributed by atoms with van der Waals surface area (Å²) in [7, 11) is 0. The first-order chi connectivity index (χ1) is 13.2. The molecule has 7 nitrogen and oxygen atoms in total. The van der Waals surface area contributed by atoms with Crippen LogP contribution in [0.4, 0.5) is 0 Å². The highest BCUT2D eigenvalue weighted by molar-refractivity contribution is 5.93. The van der Waals surface area contributed by atoms with Gasteiger partial charge in [0, 0.05) is 23.7 Å². The summed E-state index contributed by atoms with van der Waals surface area (Å²) < 4.78 is 11.4. The van der Waals surface area contributed by atoms with Crippen LogP contribution in [0.5, 0.6) is 0 Å². The van der Waals surface area contributed by atoms with Gasteiger partial charge in [-0.1, -0.05) is 13.8 Å². The number of epoxide rings is 1. The van der Waals surface area contributed by atoms with Gasteiger partial charge in [-0.25, -0.2) is 0 Å². The zero-order valence-electron chi connectivity index (χ0n) is 17.8. The van der Waals surface area contributed by atoms with Crippen LogP contribution in [-0.2, 0) is 19.1 Å². The monoisotopic (exact) mass is 408 g/mol. The van der Waals surface area contributed by atoms with E-state index in [1.54, 1.807) is 13.8 Å². The van der Waals surface area contributed by atoms with Crippen molar-refractivity contribution in [1.82, 2.24) is 0 Å². The summed E-state index contributed by atoms with van der Waals surface area (Å²) in [5.74, 6) is -2.24. The topological polar surface area (TPSA) is 117 Å². The SMILES string of the molecule is CC(=O)O[C@@H]1C(=O)C23C[C@H](CCC2[C@@](C)(O)[C@@H]2[C@@H]4O[C@@H]4C(C)(C)[C@@]12O)[C@](C)(O)C3. The number of ether oxygens (including phenoxy) is 2. The van der Waals surface area contributed by atoms with Crippen LogP contribution >= 0.6 is 0 Å². The minimum Gasteiger partial charge on any atom is -0.451 e. The molecule has 29 heavy (non-hydrogen) atoms. The molecule has 1 saturated heterocycles. The molecule has 2 unspecified atom stereocenters. The van der Waals surface area contributed by atoms with Gasteiger partial charge in [-0.3, -0.25) is 9.59 Å². The number of carbonyl (C=O) groups excluding carboxylic acids is 2. The molecule has 0 amide bonds. The summed E-state index contributed by atoms with van der Waals surface area (Å²) in [6.45, 7) is 8.32. The number of rotatable bonds is 1. The molecule has 5 rings (SSSR count). The fraction of sp³-hybridized carbons (Fsp3) is 0.909. The molecule has 1 heterocycles. The number of hydrogen-bond acceptors (Lipinski definition) is 7. The summed E-state index contributed by atoms with van der Waals surface area (Å²) in [6.07, 6.45) is -0.130. The van der Waals surface area contributed by atoms with Crippen LogP contribution in [-0.4, -0.2) is 62.2 Å². The van der Waals surface area contributed by atoms with E-state index in [1.807, 2.05) is 13.8 Å². The molecular formula is C22H32O7. The van der Waals surface area contributed by atoms with E-state index in [4.69, 9.17) is 9.47 Å². The second kappa shape index (κ2) is 5.23. The summed E-state index contributed by atoms with van der Waals surface area (Å²) >= 11 is 0. The third-order valence-electron chi connectivity index (χ3n) is 9.45. The maximum Gasteiger partial charge on any atom is 0.303 e. The van der Waals surface area contributed by atoms with Crippen molar-refractivity contribution < 1.29 is 34.4 Å². The predicted molar refractivity (Wildman–Crippen MR) is 101 cm³/mol. The van der Waals surface area contributed by atoms with Crippen LogP contribution in [0.15, 0.2) is 0 Å². The average Bonchev–Trinajstić information content (AvgIpc) is 3.30. The first-order valence-corrected chi connectivity index (χ1v) is 10.8. The Hall–Kier alpha value is -1.02. The van der Waals surface area contributed by atoms with Gasteiger partial charge >= 0.3 is 5.97 Å². The minimum atomic E-state index is -1.75. The predicted octanol–water partition coefficient (Wildman–Crippen LogP) is 0.964. The van der Waals surface area contributed by atoms with Gasteiger partial charge in [-0.2, -0.15) is 0 Å². The Morgan fingerprint density at radius 2 is 1.79 bits per heavy atom. The number of aliphatic hydroxyl groups is 3. The third kappa shape index (κ3) is 2.08. The van der Waals surface area contributed by atoms with Crippen LogP contribution in [0.25, 0.3) is 0 Å². The number of hydrogen-bond donors (Lipinski definition) is 3. The van der Waals surface area contributed by atoms with Crippen molar-refractivity contribution in [2.75, 3.05) is 0 Å². The summed E-state index contributed by atoms with van der Waals surface area (Å²) in [5.41, 5.74) is -6.10. The van der Waals surface area contributed by atoms with E-state index in [2.05, 4.69) is 0 Å². The Kier molecular flexibility index (Phi) is 3.59. The van der Waals surface area contributed by atoms with E-state index in [-0.39, 0.29) is 30.3 Å². The molecule has 0 radical (unpaired) electrons. The molecule has 0 aromatic carbocycles. The summed E-state index contributed by atoms with van der Waals surface area (Å²) in [4.78, 5) is 26.2. The van der Waals surface area contributed by atoms with Crippen LogP contribution < -0.4 is 0 Å². The van der Waals surface area contributed by atoms with Gasteiger partial charge in [0.2, 0.25) is 0 Å². The van der Waals surface area contributed by atoms with Crippen molar-refractivity contribution in [3.63, 3.8) is 0 Å². The molecule has 1 aliphatic heterocycles. The van der Waals surface area contributed by atoms with Crippen LogP contribution in [0.3, 0.4) is 0 Å². The van der Waals surface area contributed by atoms with E-state index in [0.717, 1.165) is 0 Å². The largest absolute Gasteiger partial charge is 0.451 e. The van der Waals surface area contributed by atoms with E-state index >= 15 is 0 Å². The lowest BCUT2D eigenvalue weighted by Gasteiger charge is -2.50. The van der Waals surface area contributed by atoms with Gasteiger partial charge in [-0.05, 0) is 45.4 Å². The highest BCUT2D eigenvalue weighted by Gasteiger charge is 2.84. The third-order valence-corrected chi connectivity index (χ3v) is 9.45. The fourth-order valence-corrected chi connectivity index (χ4v) is 8.15. The molecular weight excluding hydrogens is 376 g/mol. The Labute approximate surface area is 170 Å². The minimum absolute atomic E-state index is 0.0537. The van der Waals surface area contributed by atoms with Gasteiger partial charge < -0.3 is 24.8 Å². The van der Waals surface area contributed by atoms with Crippen molar-refractivity contribution in [1.29, 1.82) is 0 Å². The first kappa shape index (κ1) is 19.9. The highest BCUT2D eigenvalue weighted by Crippen LogP contribution is 2.72. The molecule has 1 spiro atoms. The summed E-state index contributed by atoms with van der Waals surface area (Å²) in [6, 6.07) is 0. The zero-order chi connectivity index (χ0) is 21.4. The molecule has 5 aliphatic rings. The molecule has 162 valence electrons. The average molecular weight is 408 g/mol. The molecule has 2 bridgehead atoms. The van der Waals surface area contributed by atoms with Crippen LogP contribution in [0.1, 0.15) is 60.3 Å². The Bertz CT molecular complexity index is 801. The van der Waals surface area contributed by atoms with Crippen molar-refractivity contribution in [3.8, 4) is 0 Å². The smallest absolute Gasteiger partial charge is 0.303 e. The molecule has 4 aliphatic carbocycles. The van der Waals surface area contributed by atoms with Crippen molar-refractivity contribution >= 4 is 11.8 Å². The molecule has 0 aromatic rings. The number of ketones is 1. The maximum absolute atomic E-state index is 14.1. The molecule has 5 fully saturated rings. The number of esters is 1. The van der Waals surface area contributed by atoms with E-state index in [1.165, 1.54) is 6.92 Å². The number of carbonyl (C=O) groups is 2. The Balaban J connectivity index is 1.75. The second-order valence-electron chi connectivity index (χ2n) is 11.3. The normalized spacial score (nSPS) is 59.4. The molecule has 0 aromatic heterocycles. The Morgan fingerprint density at radius 1 is 1.14 bits per heavy atom. The zero-order valence-corrected chi connectivity index (χ0v) is 17.8. The van der Waals surface area contributed by atoms with Gasteiger partial charge in [0.05, 0.1) is 29.3 Å². The maximum atomic E-state index is 14.1. The van der Waals surface area contributed by atoms with Crippen LogP contribution in [0.2, 0.25) is 0 Å². The second-order valence-corrected chi connectivity index (χ2v) is 11.3. The standard InChI is InChI=1S/C22H32O7/c1-10(23)28-17-15(24)21-8-11(19(4,25)9-21)6-7-12(21)20(5,26)14-13-16(29-13)18(2,3)22(14,17)27/h11-14,16-17,25-27H,6-9H2,1-5H3/t11-,12?,13-,14-,16-,17+,19+,20+,21?,22-/m0/s1. The summed E-state index contributed by atoms with van der Waals surface area (Å²) in [5, 5.41) is 35.1. The van der Waals surface area contributed by atoms with Crippen LogP contribution in [0, 0.1) is 28.6 Å².